The van der Waals surface area contributed by atoms with Crippen LogP contribution < -0.4 is 5.32 Å². The van der Waals surface area contributed by atoms with Crippen LogP contribution in [0.4, 0.5) is 4.79 Å². The van der Waals surface area contributed by atoms with Crippen molar-refractivity contribution < 1.29 is 4.79 Å². The van der Waals surface area contributed by atoms with E-state index >= 15 is 0 Å². The summed E-state index contributed by atoms with van der Waals surface area (Å²) in [6.07, 6.45) is 3.45. The molecule has 112 valence electrons. The fraction of sp³-hybridized carbons (Fsp3) is 0.733. The summed E-state index contributed by atoms with van der Waals surface area (Å²) in [6, 6.07) is 0.407. The molecule has 0 saturated carbocycles. The van der Waals surface area contributed by atoms with Crippen molar-refractivity contribution in [3.8, 4) is 0 Å². The first kappa shape index (κ1) is 14.9. The average molecular weight is 278 g/mol. The molecule has 5 heteroatoms. The highest BCUT2D eigenvalue weighted by atomic mass is 16.2. The number of hydrogen-bond acceptors (Lipinski definition) is 2. The van der Waals surface area contributed by atoms with E-state index in [0.717, 1.165) is 42.9 Å². The van der Waals surface area contributed by atoms with E-state index in [2.05, 4.69) is 31.2 Å². The van der Waals surface area contributed by atoms with E-state index in [9.17, 15) is 4.79 Å². The van der Waals surface area contributed by atoms with Gasteiger partial charge in [-0.2, -0.15) is 5.10 Å². The summed E-state index contributed by atoms with van der Waals surface area (Å²) in [5, 5.41) is 7.54. The first-order valence-corrected chi connectivity index (χ1v) is 7.62. The van der Waals surface area contributed by atoms with E-state index < -0.39 is 0 Å². The lowest BCUT2D eigenvalue weighted by Gasteiger charge is -2.33. The fourth-order valence-corrected chi connectivity index (χ4v) is 2.96. The van der Waals surface area contributed by atoms with Crippen molar-refractivity contribution in [2.45, 2.75) is 66.1 Å². The maximum absolute atomic E-state index is 12.3. The zero-order chi connectivity index (χ0) is 14.7. The molecule has 1 unspecified atom stereocenters. The number of carbonyl (C=O) groups excluding carboxylic acids is 1. The van der Waals surface area contributed by atoms with E-state index in [1.165, 1.54) is 6.42 Å². The number of urea groups is 1. The summed E-state index contributed by atoms with van der Waals surface area (Å²) in [7, 11) is 0. The SMILES string of the molecule is CCn1nc(C)c(CNC(=O)N2CCCCC2C)c1C. The van der Waals surface area contributed by atoms with Crippen LogP contribution in [0.25, 0.3) is 0 Å². The number of likely N-dealkylation sites (tertiary alicyclic amines) is 1. The standard InChI is InChI=1S/C15H26N4O/c1-5-19-13(4)14(12(3)17-19)10-16-15(20)18-9-7-6-8-11(18)2/h11H,5-10H2,1-4H3,(H,16,20). The summed E-state index contributed by atoms with van der Waals surface area (Å²) in [6.45, 7) is 10.6. The fourth-order valence-electron chi connectivity index (χ4n) is 2.96. The Morgan fingerprint density at radius 1 is 1.40 bits per heavy atom. The van der Waals surface area contributed by atoms with Gasteiger partial charge in [-0.1, -0.05) is 0 Å². The van der Waals surface area contributed by atoms with Gasteiger partial charge in [-0.15, -0.1) is 0 Å². The third-order valence-electron chi connectivity index (χ3n) is 4.31. The van der Waals surface area contributed by atoms with Crippen LogP contribution in [-0.2, 0) is 13.1 Å². The van der Waals surface area contributed by atoms with Gasteiger partial charge < -0.3 is 10.2 Å². The topological polar surface area (TPSA) is 50.2 Å². The molecule has 2 heterocycles. The monoisotopic (exact) mass is 278 g/mol. The maximum atomic E-state index is 12.3. The smallest absolute Gasteiger partial charge is 0.317 e. The Hall–Kier alpha value is -1.52. The van der Waals surface area contributed by atoms with Crippen molar-refractivity contribution >= 4 is 6.03 Å². The number of carbonyl (C=O) groups is 1. The van der Waals surface area contributed by atoms with Gasteiger partial charge in [-0.25, -0.2) is 4.79 Å². The molecule has 1 aliphatic heterocycles. The molecule has 2 amide bonds. The van der Waals surface area contributed by atoms with Gasteiger partial charge in [-0.05, 0) is 47.0 Å². The molecule has 5 nitrogen and oxygen atoms in total. The van der Waals surface area contributed by atoms with Crippen molar-refractivity contribution in [1.82, 2.24) is 20.0 Å². The van der Waals surface area contributed by atoms with Gasteiger partial charge in [0.1, 0.15) is 0 Å². The van der Waals surface area contributed by atoms with Crippen LogP contribution in [0.1, 0.15) is 50.1 Å². The number of hydrogen-bond donors (Lipinski definition) is 1. The van der Waals surface area contributed by atoms with Gasteiger partial charge in [0.15, 0.2) is 0 Å². The van der Waals surface area contributed by atoms with Gasteiger partial charge in [0.05, 0.1) is 5.69 Å². The second-order valence-electron chi connectivity index (χ2n) is 5.66. The van der Waals surface area contributed by atoms with Gasteiger partial charge in [0, 0.05) is 36.9 Å². The van der Waals surface area contributed by atoms with E-state index in [1.54, 1.807) is 0 Å². The van der Waals surface area contributed by atoms with Crippen LogP contribution >= 0.6 is 0 Å². The third-order valence-corrected chi connectivity index (χ3v) is 4.31. The van der Waals surface area contributed by atoms with Gasteiger partial charge >= 0.3 is 6.03 Å². The van der Waals surface area contributed by atoms with Crippen molar-refractivity contribution in [3.05, 3.63) is 17.0 Å². The Labute approximate surface area is 121 Å². The Kier molecular flexibility index (Phi) is 4.68. The summed E-state index contributed by atoms with van der Waals surface area (Å²) in [5.41, 5.74) is 3.30. The quantitative estimate of drug-likeness (QED) is 0.924. The highest BCUT2D eigenvalue weighted by Crippen LogP contribution is 2.17. The normalized spacial score (nSPS) is 19.2. The Morgan fingerprint density at radius 2 is 2.15 bits per heavy atom. The van der Waals surface area contributed by atoms with Gasteiger partial charge in [0.25, 0.3) is 0 Å². The Bertz CT molecular complexity index is 480. The number of nitrogens with zero attached hydrogens (tertiary/aromatic N) is 3. The maximum Gasteiger partial charge on any atom is 0.317 e. The Morgan fingerprint density at radius 3 is 2.75 bits per heavy atom. The number of rotatable bonds is 3. The van der Waals surface area contributed by atoms with E-state index in [-0.39, 0.29) is 6.03 Å². The van der Waals surface area contributed by atoms with Crippen LogP contribution in [0.15, 0.2) is 0 Å². The van der Waals surface area contributed by atoms with Crippen LogP contribution in [0, 0.1) is 13.8 Å². The van der Waals surface area contributed by atoms with Crippen LogP contribution in [0.2, 0.25) is 0 Å². The molecular formula is C15H26N4O. The molecule has 1 atom stereocenters. The Balaban J connectivity index is 1.98. The summed E-state index contributed by atoms with van der Waals surface area (Å²) in [4.78, 5) is 14.2. The van der Waals surface area contributed by atoms with Crippen molar-refractivity contribution in [1.29, 1.82) is 0 Å². The average Bonchev–Trinajstić information content (AvgIpc) is 2.71. The molecule has 1 aromatic rings. The molecule has 1 N–H and O–H groups in total. The number of aromatic nitrogens is 2. The first-order chi connectivity index (χ1) is 9.54. The minimum Gasteiger partial charge on any atom is -0.334 e. The zero-order valence-electron chi connectivity index (χ0n) is 13.1. The van der Waals surface area contributed by atoms with Crippen molar-refractivity contribution in [2.24, 2.45) is 0 Å². The summed E-state index contributed by atoms with van der Waals surface area (Å²) >= 11 is 0. The highest BCUT2D eigenvalue weighted by molar-refractivity contribution is 5.74. The molecular weight excluding hydrogens is 252 g/mol. The van der Waals surface area contributed by atoms with Gasteiger partial charge in [0.2, 0.25) is 0 Å². The minimum absolute atomic E-state index is 0.0558. The van der Waals surface area contributed by atoms with Crippen LogP contribution in [0.3, 0.4) is 0 Å². The molecule has 0 spiro atoms. The molecule has 1 aliphatic rings. The highest BCUT2D eigenvalue weighted by Gasteiger charge is 2.23. The molecule has 0 aromatic carbocycles. The molecule has 0 bridgehead atoms. The summed E-state index contributed by atoms with van der Waals surface area (Å²) < 4.78 is 1.99. The molecule has 0 radical (unpaired) electrons. The predicted octanol–water partition coefficient (Wildman–Crippen LogP) is 2.60. The first-order valence-electron chi connectivity index (χ1n) is 7.62. The largest absolute Gasteiger partial charge is 0.334 e. The second kappa shape index (κ2) is 6.29. The lowest BCUT2D eigenvalue weighted by atomic mass is 10.0. The molecule has 0 aliphatic carbocycles. The number of nitrogens with one attached hydrogen (secondary N) is 1. The zero-order valence-corrected chi connectivity index (χ0v) is 13.1. The minimum atomic E-state index is 0.0558. The molecule has 1 saturated heterocycles. The summed E-state index contributed by atoms with van der Waals surface area (Å²) in [5.74, 6) is 0. The van der Waals surface area contributed by atoms with E-state index in [1.807, 2.05) is 16.5 Å². The molecule has 2 rings (SSSR count). The number of amides is 2. The number of aryl methyl sites for hydroxylation is 2. The molecule has 1 aromatic heterocycles. The van der Waals surface area contributed by atoms with Crippen molar-refractivity contribution in [2.75, 3.05) is 6.54 Å². The van der Waals surface area contributed by atoms with E-state index in [0.29, 0.717) is 12.6 Å². The second-order valence-corrected chi connectivity index (χ2v) is 5.66. The lowest BCUT2D eigenvalue weighted by molar-refractivity contribution is 0.158. The van der Waals surface area contributed by atoms with Crippen LogP contribution in [0.5, 0.6) is 0 Å². The lowest BCUT2D eigenvalue weighted by Crippen LogP contribution is -2.47. The van der Waals surface area contributed by atoms with Crippen LogP contribution in [-0.4, -0.2) is 33.3 Å². The van der Waals surface area contributed by atoms with Crippen molar-refractivity contribution in [3.63, 3.8) is 0 Å². The molecule has 1 fully saturated rings. The van der Waals surface area contributed by atoms with Gasteiger partial charge in [-0.3, -0.25) is 4.68 Å². The van der Waals surface area contributed by atoms with E-state index in [4.69, 9.17) is 0 Å². The molecule has 20 heavy (non-hydrogen) atoms. The third kappa shape index (κ3) is 2.97. The predicted molar refractivity (Wildman–Crippen MR) is 79.6 cm³/mol. The number of piperidine rings is 1.